The van der Waals surface area contributed by atoms with E-state index in [-0.39, 0.29) is 6.10 Å². The zero-order valence-corrected chi connectivity index (χ0v) is 17.4. The summed E-state index contributed by atoms with van der Waals surface area (Å²) < 4.78 is 0. The molecular weight excluding hydrogens is 358 g/mol. The van der Waals surface area contributed by atoms with E-state index in [0.717, 1.165) is 50.4 Å². The van der Waals surface area contributed by atoms with Crippen LogP contribution in [0.1, 0.15) is 42.4 Å². The fraction of sp³-hybridized carbons (Fsp3) is 0.400. The molecule has 4 nitrogen and oxygen atoms in total. The lowest BCUT2D eigenvalue weighted by Crippen LogP contribution is -2.37. The maximum Gasteiger partial charge on any atom is 0.133 e. The number of hydrogen-bond acceptors (Lipinski definition) is 4. The molecule has 0 bridgehead atoms. The first-order valence-electron chi connectivity index (χ1n) is 10.7. The third-order valence-corrected chi connectivity index (χ3v) is 5.93. The molecule has 0 amide bonds. The molecule has 1 unspecified atom stereocenters. The SMILES string of the molecule is Cc1ccc2cc(CNCC(C)c3ccccc3)c(N3CCC(O)CC3)nc2c1. The molecule has 4 heteroatoms. The van der Waals surface area contributed by atoms with Crippen molar-refractivity contribution in [2.24, 2.45) is 0 Å². The van der Waals surface area contributed by atoms with E-state index in [1.165, 1.54) is 22.1 Å². The number of nitrogens with zero attached hydrogens (tertiary/aromatic N) is 2. The lowest BCUT2D eigenvalue weighted by Gasteiger charge is -2.32. The van der Waals surface area contributed by atoms with Gasteiger partial charge < -0.3 is 15.3 Å². The molecule has 2 N–H and O–H groups in total. The Morgan fingerprint density at radius 3 is 2.62 bits per heavy atom. The molecule has 1 fully saturated rings. The molecule has 2 heterocycles. The molecule has 0 spiro atoms. The standard InChI is InChI=1S/C25H31N3O/c1-18-8-9-21-15-22(17-26-16-19(2)20-6-4-3-5-7-20)25(27-24(21)14-18)28-12-10-23(29)11-13-28/h3-9,14-15,19,23,26,29H,10-13,16-17H2,1-2H3. The van der Waals surface area contributed by atoms with Crippen molar-refractivity contribution < 1.29 is 5.11 Å². The second kappa shape index (κ2) is 8.93. The van der Waals surface area contributed by atoms with Crippen molar-refractivity contribution in [3.8, 4) is 0 Å². The molecule has 4 rings (SSSR count). The average molecular weight is 390 g/mol. The van der Waals surface area contributed by atoms with Crippen LogP contribution in [-0.4, -0.2) is 35.8 Å². The van der Waals surface area contributed by atoms with Crippen LogP contribution in [0.5, 0.6) is 0 Å². The first kappa shape index (κ1) is 19.9. The summed E-state index contributed by atoms with van der Waals surface area (Å²) in [6.07, 6.45) is 1.44. The lowest BCUT2D eigenvalue weighted by molar-refractivity contribution is 0.145. The Bertz CT molecular complexity index is 949. The van der Waals surface area contributed by atoms with Crippen molar-refractivity contribution in [1.82, 2.24) is 10.3 Å². The highest BCUT2D eigenvalue weighted by Crippen LogP contribution is 2.27. The second-order valence-corrected chi connectivity index (χ2v) is 8.33. The van der Waals surface area contributed by atoms with Crippen LogP contribution in [0.25, 0.3) is 10.9 Å². The summed E-state index contributed by atoms with van der Waals surface area (Å²) in [7, 11) is 0. The summed E-state index contributed by atoms with van der Waals surface area (Å²) in [5.74, 6) is 1.52. The first-order valence-corrected chi connectivity index (χ1v) is 10.7. The fourth-order valence-electron chi connectivity index (χ4n) is 4.12. The van der Waals surface area contributed by atoms with Crippen molar-refractivity contribution >= 4 is 16.7 Å². The smallest absolute Gasteiger partial charge is 0.133 e. The summed E-state index contributed by atoms with van der Waals surface area (Å²) >= 11 is 0. The Labute approximate surface area is 173 Å². The number of aliphatic hydroxyl groups excluding tert-OH is 1. The van der Waals surface area contributed by atoms with Gasteiger partial charge in [-0.05, 0) is 48.9 Å². The van der Waals surface area contributed by atoms with Gasteiger partial charge >= 0.3 is 0 Å². The minimum Gasteiger partial charge on any atom is -0.393 e. The third kappa shape index (κ3) is 4.77. The maximum absolute atomic E-state index is 9.90. The van der Waals surface area contributed by atoms with Crippen LogP contribution in [0.2, 0.25) is 0 Å². The molecule has 3 aromatic rings. The van der Waals surface area contributed by atoms with E-state index in [1.54, 1.807) is 0 Å². The van der Waals surface area contributed by atoms with Crippen molar-refractivity contribution in [3.63, 3.8) is 0 Å². The molecule has 1 aliphatic heterocycles. The van der Waals surface area contributed by atoms with E-state index in [1.807, 2.05) is 0 Å². The molecule has 1 saturated heterocycles. The molecule has 1 atom stereocenters. The number of anilines is 1. The summed E-state index contributed by atoms with van der Waals surface area (Å²) in [5.41, 5.74) is 4.87. The monoisotopic (exact) mass is 389 g/mol. The number of nitrogens with one attached hydrogen (secondary N) is 1. The predicted molar refractivity (Wildman–Crippen MR) is 120 cm³/mol. The van der Waals surface area contributed by atoms with E-state index >= 15 is 0 Å². The molecular formula is C25H31N3O. The number of rotatable bonds is 6. The number of aliphatic hydroxyl groups is 1. The van der Waals surface area contributed by atoms with Gasteiger partial charge in [-0.1, -0.05) is 49.4 Å². The molecule has 0 saturated carbocycles. The van der Waals surface area contributed by atoms with Gasteiger partial charge in [-0.2, -0.15) is 0 Å². The Balaban J connectivity index is 1.54. The molecule has 152 valence electrons. The topological polar surface area (TPSA) is 48.4 Å². The summed E-state index contributed by atoms with van der Waals surface area (Å²) in [5, 5.41) is 14.7. The van der Waals surface area contributed by atoms with Gasteiger partial charge in [-0.3, -0.25) is 0 Å². The van der Waals surface area contributed by atoms with Crippen LogP contribution < -0.4 is 10.2 Å². The third-order valence-electron chi connectivity index (χ3n) is 5.93. The Kier molecular flexibility index (Phi) is 6.12. The van der Waals surface area contributed by atoms with E-state index in [4.69, 9.17) is 4.98 Å². The zero-order chi connectivity index (χ0) is 20.2. The molecule has 2 aromatic carbocycles. The highest BCUT2D eigenvalue weighted by molar-refractivity contribution is 5.82. The number of benzene rings is 2. The van der Waals surface area contributed by atoms with E-state index in [0.29, 0.717) is 5.92 Å². The van der Waals surface area contributed by atoms with Crippen molar-refractivity contribution in [2.75, 3.05) is 24.5 Å². The van der Waals surface area contributed by atoms with Gasteiger partial charge in [0.05, 0.1) is 11.6 Å². The van der Waals surface area contributed by atoms with Crippen molar-refractivity contribution in [3.05, 3.63) is 71.3 Å². The van der Waals surface area contributed by atoms with Crippen LogP contribution in [0.3, 0.4) is 0 Å². The largest absolute Gasteiger partial charge is 0.393 e. The number of hydrogen-bond donors (Lipinski definition) is 2. The van der Waals surface area contributed by atoms with E-state index in [2.05, 4.69) is 78.7 Å². The normalized spacial score (nSPS) is 16.3. The van der Waals surface area contributed by atoms with Gasteiger partial charge in [-0.15, -0.1) is 0 Å². The lowest BCUT2D eigenvalue weighted by atomic mass is 10.0. The zero-order valence-electron chi connectivity index (χ0n) is 17.4. The number of aryl methyl sites for hydroxylation is 1. The summed E-state index contributed by atoms with van der Waals surface area (Å²) in [6.45, 7) is 7.81. The summed E-state index contributed by atoms with van der Waals surface area (Å²) in [6, 6.07) is 19.4. The Morgan fingerprint density at radius 1 is 1.10 bits per heavy atom. The fourth-order valence-corrected chi connectivity index (χ4v) is 4.12. The number of fused-ring (bicyclic) bond motifs is 1. The van der Waals surface area contributed by atoms with E-state index in [9.17, 15) is 5.11 Å². The Hall–Kier alpha value is -2.43. The van der Waals surface area contributed by atoms with Crippen LogP contribution in [0, 0.1) is 6.92 Å². The molecule has 0 aliphatic carbocycles. The summed E-state index contributed by atoms with van der Waals surface area (Å²) in [4.78, 5) is 7.38. The highest BCUT2D eigenvalue weighted by atomic mass is 16.3. The van der Waals surface area contributed by atoms with Gasteiger partial charge in [0.1, 0.15) is 5.82 Å². The molecule has 29 heavy (non-hydrogen) atoms. The highest BCUT2D eigenvalue weighted by Gasteiger charge is 2.21. The van der Waals surface area contributed by atoms with Gasteiger partial charge in [0.15, 0.2) is 0 Å². The molecule has 1 aromatic heterocycles. The van der Waals surface area contributed by atoms with Crippen molar-refractivity contribution in [1.29, 1.82) is 0 Å². The Morgan fingerprint density at radius 2 is 1.86 bits per heavy atom. The quantitative estimate of drug-likeness (QED) is 0.656. The van der Waals surface area contributed by atoms with Crippen LogP contribution in [0.4, 0.5) is 5.82 Å². The van der Waals surface area contributed by atoms with Gasteiger partial charge in [-0.25, -0.2) is 4.98 Å². The van der Waals surface area contributed by atoms with E-state index < -0.39 is 0 Å². The molecule has 0 radical (unpaired) electrons. The first-order chi connectivity index (χ1) is 14.1. The maximum atomic E-state index is 9.90. The number of aromatic nitrogens is 1. The second-order valence-electron chi connectivity index (χ2n) is 8.33. The predicted octanol–water partition coefficient (Wildman–Crippen LogP) is 4.40. The minimum atomic E-state index is -0.178. The number of pyridine rings is 1. The molecule has 1 aliphatic rings. The van der Waals surface area contributed by atoms with Crippen LogP contribution in [0.15, 0.2) is 54.6 Å². The number of piperidine rings is 1. The van der Waals surface area contributed by atoms with Crippen LogP contribution >= 0.6 is 0 Å². The van der Waals surface area contributed by atoms with Crippen molar-refractivity contribution in [2.45, 2.75) is 45.3 Å². The van der Waals surface area contributed by atoms with Crippen LogP contribution in [-0.2, 0) is 6.54 Å². The average Bonchev–Trinajstić information content (AvgIpc) is 2.74. The minimum absolute atomic E-state index is 0.178. The van der Waals surface area contributed by atoms with Gasteiger partial charge in [0, 0.05) is 37.1 Å². The van der Waals surface area contributed by atoms with Gasteiger partial charge in [0.2, 0.25) is 0 Å². The van der Waals surface area contributed by atoms with Gasteiger partial charge in [0.25, 0.3) is 0 Å².